The van der Waals surface area contributed by atoms with Gasteiger partial charge in [0.15, 0.2) is 11.5 Å². The van der Waals surface area contributed by atoms with Gasteiger partial charge < -0.3 is 14.1 Å². The molecule has 0 N–H and O–H groups in total. The quantitative estimate of drug-likeness (QED) is 0.872. The largest absolute Gasteiger partial charge is 0.464 e. The van der Waals surface area contributed by atoms with Crippen LogP contribution in [0.25, 0.3) is 0 Å². The van der Waals surface area contributed by atoms with Gasteiger partial charge in [-0.3, -0.25) is 4.79 Å². The number of pyridine rings is 1. The molecule has 0 spiro atoms. The summed E-state index contributed by atoms with van der Waals surface area (Å²) in [6.45, 7) is 2.84. The van der Waals surface area contributed by atoms with Gasteiger partial charge in [0.05, 0.1) is 19.4 Å². The number of rotatable bonds is 3. The van der Waals surface area contributed by atoms with Crippen molar-refractivity contribution in [3.63, 3.8) is 0 Å². The van der Waals surface area contributed by atoms with Crippen molar-refractivity contribution < 1.29 is 22.7 Å². The van der Waals surface area contributed by atoms with Gasteiger partial charge in [0.25, 0.3) is 5.91 Å². The van der Waals surface area contributed by atoms with Crippen LogP contribution in [0.4, 0.5) is 8.78 Å². The van der Waals surface area contributed by atoms with E-state index < -0.39 is 29.3 Å². The first-order chi connectivity index (χ1) is 11.1. The van der Waals surface area contributed by atoms with Gasteiger partial charge in [-0.15, -0.1) is 0 Å². The SMILES string of the molecule is CCc1ccc(C2COCCN2C(=O)c2ncc(F)cc2F)o1. The van der Waals surface area contributed by atoms with E-state index in [0.717, 1.165) is 18.4 Å². The molecule has 1 unspecified atom stereocenters. The number of halogens is 2. The molecule has 0 bridgehead atoms. The number of morpholine rings is 1. The third kappa shape index (κ3) is 3.10. The minimum atomic E-state index is -0.978. The first-order valence-electron chi connectivity index (χ1n) is 7.38. The Morgan fingerprint density at radius 3 is 2.96 bits per heavy atom. The third-order valence-electron chi connectivity index (χ3n) is 3.76. The summed E-state index contributed by atoms with van der Waals surface area (Å²) < 4.78 is 37.9. The zero-order chi connectivity index (χ0) is 16.4. The Bertz CT molecular complexity index is 717. The van der Waals surface area contributed by atoms with Crippen LogP contribution in [0.2, 0.25) is 0 Å². The van der Waals surface area contributed by atoms with E-state index in [1.807, 2.05) is 13.0 Å². The highest BCUT2D eigenvalue weighted by Crippen LogP contribution is 2.28. The number of ether oxygens (including phenoxy) is 1. The Morgan fingerprint density at radius 2 is 2.26 bits per heavy atom. The lowest BCUT2D eigenvalue weighted by Gasteiger charge is -2.34. The summed E-state index contributed by atoms with van der Waals surface area (Å²) in [5.41, 5.74) is -0.402. The summed E-state index contributed by atoms with van der Waals surface area (Å²) in [4.78, 5) is 17.6. The summed E-state index contributed by atoms with van der Waals surface area (Å²) in [7, 11) is 0. The molecule has 5 nitrogen and oxygen atoms in total. The zero-order valence-corrected chi connectivity index (χ0v) is 12.6. The number of furan rings is 1. The molecule has 0 aromatic carbocycles. The van der Waals surface area contributed by atoms with Crippen LogP contribution >= 0.6 is 0 Å². The Kier molecular flexibility index (Phi) is 4.38. The summed E-state index contributed by atoms with van der Waals surface area (Å²) in [6.07, 6.45) is 1.56. The highest BCUT2D eigenvalue weighted by molar-refractivity contribution is 5.92. The molecule has 0 aliphatic carbocycles. The van der Waals surface area contributed by atoms with Crippen LogP contribution in [0, 0.1) is 11.6 Å². The topological polar surface area (TPSA) is 55.6 Å². The minimum absolute atomic E-state index is 0.255. The van der Waals surface area contributed by atoms with Gasteiger partial charge in [-0.2, -0.15) is 0 Å². The zero-order valence-electron chi connectivity index (χ0n) is 12.6. The van der Waals surface area contributed by atoms with Gasteiger partial charge in [0, 0.05) is 19.0 Å². The Morgan fingerprint density at radius 1 is 1.43 bits per heavy atom. The fourth-order valence-corrected chi connectivity index (χ4v) is 2.55. The van der Waals surface area contributed by atoms with E-state index in [-0.39, 0.29) is 13.2 Å². The van der Waals surface area contributed by atoms with Gasteiger partial charge in [0.2, 0.25) is 0 Å². The molecule has 2 aromatic heterocycles. The maximum atomic E-state index is 13.8. The molecule has 1 atom stereocenters. The van der Waals surface area contributed by atoms with Crippen molar-refractivity contribution >= 4 is 5.91 Å². The molecule has 1 fully saturated rings. The lowest BCUT2D eigenvalue weighted by Crippen LogP contribution is -2.43. The Balaban J connectivity index is 1.90. The molecule has 23 heavy (non-hydrogen) atoms. The fourth-order valence-electron chi connectivity index (χ4n) is 2.55. The molecule has 3 heterocycles. The molecular formula is C16H16F2N2O3. The number of nitrogens with zero attached hydrogens (tertiary/aromatic N) is 2. The van der Waals surface area contributed by atoms with E-state index in [1.54, 1.807) is 6.07 Å². The van der Waals surface area contributed by atoms with Crippen molar-refractivity contribution in [3.05, 3.63) is 53.2 Å². The van der Waals surface area contributed by atoms with E-state index in [9.17, 15) is 13.6 Å². The number of aromatic nitrogens is 1. The predicted molar refractivity (Wildman–Crippen MR) is 76.8 cm³/mol. The second-order valence-electron chi connectivity index (χ2n) is 5.23. The van der Waals surface area contributed by atoms with Crippen LogP contribution in [0.15, 0.2) is 28.8 Å². The smallest absolute Gasteiger partial charge is 0.276 e. The first kappa shape index (κ1) is 15.6. The average Bonchev–Trinajstić information content (AvgIpc) is 3.03. The van der Waals surface area contributed by atoms with Crippen molar-refractivity contribution in [3.8, 4) is 0 Å². The molecule has 3 rings (SSSR count). The van der Waals surface area contributed by atoms with Gasteiger partial charge in [-0.05, 0) is 12.1 Å². The van der Waals surface area contributed by atoms with Crippen molar-refractivity contribution in [1.82, 2.24) is 9.88 Å². The van der Waals surface area contributed by atoms with Gasteiger partial charge >= 0.3 is 0 Å². The van der Waals surface area contributed by atoms with Gasteiger partial charge in [-0.1, -0.05) is 6.92 Å². The lowest BCUT2D eigenvalue weighted by atomic mass is 10.1. The number of carbonyl (C=O) groups excluding carboxylic acids is 1. The van der Waals surface area contributed by atoms with Crippen LogP contribution in [0.3, 0.4) is 0 Å². The normalized spacial score (nSPS) is 18.2. The summed E-state index contributed by atoms with van der Waals surface area (Å²) >= 11 is 0. The van der Waals surface area contributed by atoms with Gasteiger partial charge in [-0.25, -0.2) is 13.8 Å². The van der Waals surface area contributed by atoms with Crippen LogP contribution in [-0.4, -0.2) is 35.5 Å². The molecule has 122 valence electrons. The first-order valence-corrected chi connectivity index (χ1v) is 7.38. The summed E-state index contributed by atoms with van der Waals surface area (Å²) in [5.74, 6) is -1.03. The third-order valence-corrected chi connectivity index (χ3v) is 3.76. The maximum absolute atomic E-state index is 13.8. The molecular weight excluding hydrogens is 306 g/mol. The van der Waals surface area contributed by atoms with Crippen molar-refractivity contribution in [1.29, 1.82) is 0 Å². The van der Waals surface area contributed by atoms with Crippen molar-refractivity contribution in [2.45, 2.75) is 19.4 Å². The van der Waals surface area contributed by atoms with E-state index in [1.165, 1.54) is 4.90 Å². The fraction of sp³-hybridized carbons (Fsp3) is 0.375. The highest BCUT2D eigenvalue weighted by atomic mass is 19.1. The lowest BCUT2D eigenvalue weighted by molar-refractivity contribution is -0.00956. The van der Waals surface area contributed by atoms with E-state index in [0.29, 0.717) is 18.4 Å². The second kappa shape index (κ2) is 6.45. The van der Waals surface area contributed by atoms with Crippen LogP contribution in [-0.2, 0) is 11.2 Å². The molecule has 2 aromatic rings. The molecule has 1 aliphatic heterocycles. The van der Waals surface area contributed by atoms with Crippen LogP contribution in [0.5, 0.6) is 0 Å². The molecule has 7 heteroatoms. The standard InChI is InChI=1S/C16H16F2N2O3/c1-2-11-3-4-14(23-11)13-9-22-6-5-20(13)16(21)15-12(18)7-10(17)8-19-15/h3-4,7-8,13H,2,5-6,9H2,1H3. The predicted octanol–water partition coefficient (Wildman–Crippen LogP) is 2.73. The van der Waals surface area contributed by atoms with Crippen LogP contribution in [0.1, 0.15) is 35.0 Å². The van der Waals surface area contributed by atoms with E-state index >= 15 is 0 Å². The molecule has 1 saturated heterocycles. The minimum Gasteiger partial charge on any atom is -0.464 e. The highest BCUT2D eigenvalue weighted by Gasteiger charge is 2.33. The summed E-state index contributed by atoms with van der Waals surface area (Å²) in [6, 6.07) is 3.82. The second-order valence-corrected chi connectivity index (χ2v) is 5.23. The van der Waals surface area contributed by atoms with Gasteiger partial charge in [0.1, 0.15) is 23.4 Å². The summed E-state index contributed by atoms with van der Waals surface area (Å²) in [5, 5.41) is 0. The average molecular weight is 322 g/mol. The molecule has 1 aliphatic rings. The van der Waals surface area contributed by atoms with E-state index in [4.69, 9.17) is 9.15 Å². The molecule has 0 saturated carbocycles. The molecule has 1 amide bonds. The number of aryl methyl sites for hydroxylation is 1. The number of hydrogen-bond acceptors (Lipinski definition) is 4. The van der Waals surface area contributed by atoms with Crippen molar-refractivity contribution in [2.24, 2.45) is 0 Å². The molecule has 0 radical (unpaired) electrons. The number of hydrogen-bond donors (Lipinski definition) is 0. The monoisotopic (exact) mass is 322 g/mol. The Labute approximate surface area is 131 Å². The Hall–Kier alpha value is -2.28. The number of carbonyl (C=O) groups is 1. The number of amides is 1. The van der Waals surface area contributed by atoms with E-state index in [2.05, 4.69) is 4.98 Å². The van der Waals surface area contributed by atoms with Crippen molar-refractivity contribution in [2.75, 3.05) is 19.8 Å². The van der Waals surface area contributed by atoms with Crippen LogP contribution < -0.4 is 0 Å². The maximum Gasteiger partial charge on any atom is 0.276 e.